The molecule has 4 rings (SSSR count). The number of nitrogens with one attached hydrogen (secondary N) is 1. The Morgan fingerprint density at radius 3 is 2.22 bits per heavy atom. The fourth-order valence-electron chi connectivity index (χ4n) is 6.49. The van der Waals surface area contributed by atoms with Crippen molar-refractivity contribution in [3.63, 3.8) is 0 Å². The predicted octanol–water partition coefficient (Wildman–Crippen LogP) is 8.27. The summed E-state index contributed by atoms with van der Waals surface area (Å²) in [6.07, 6.45) is 17.6. The number of rotatable bonds is 27. The largest absolute Gasteiger partial charge is 0.410 e. The number of para-hydroxylation sites is 1. The van der Waals surface area contributed by atoms with E-state index in [1.165, 1.54) is 69.8 Å². The van der Waals surface area contributed by atoms with Crippen LogP contribution in [0.15, 0.2) is 54.6 Å². The summed E-state index contributed by atoms with van der Waals surface area (Å²) in [5, 5.41) is 3.98. The first-order valence-corrected chi connectivity index (χ1v) is 19.4. The molecule has 0 aliphatic carbocycles. The average Bonchev–Trinajstić information content (AvgIpc) is 3.50. The molecule has 0 aliphatic rings. The lowest BCUT2D eigenvalue weighted by atomic mass is 10.1. The molecule has 0 unspecified atom stereocenters. The van der Waals surface area contributed by atoms with Crippen molar-refractivity contribution < 1.29 is 14.4 Å². The van der Waals surface area contributed by atoms with E-state index in [1.54, 1.807) is 0 Å². The quantitative estimate of drug-likeness (QED) is 0.0608. The third kappa shape index (κ3) is 13.2. The van der Waals surface area contributed by atoms with Gasteiger partial charge in [0.15, 0.2) is 5.82 Å². The van der Waals surface area contributed by atoms with Crippen molar-refractivity contribution >= 4 is 33.7 Å². The zero-order valence-corrected chi connectivity index (χ0v) is 30.8. The van der Waals surface area contributed by atoms with E-state index < -0.39 is 0 Å². The number of carbonyl (C=O) groups excluding carboxylic acids is 1. The Hall–Kier alpha value is -3.69. The van der Waals surface area contributed by atoms with E-state index >= 15 is 0 Å². The number of nitrogens with zero attached hydrogens (tertiary/aromatic N) is 4. The molecule has 3 N–H and O–H groups in total. The van der Waals surface area contributed by atoms with Crippen LogP contribution in [0.25, 0.3) is 21.9 Å². The molecule has 2 heterocycles. The maximum absolute atomic E-state index is 12.6. The van der Waals surface area contributed by atoms with Crippen molar-refractivity contribution in [2.45, 2.75) is 117 Å². The van der Waals surface area contributed by atoms with Crippen LogP contribution in [-0.4, -0.2) is 65.0 Å². The van der Waals surface area contributed by atoms with E-state index in [0.29, 0.717) is 44.1 Å². The lowest BCUT2D eigenvalue weighted by molar-refractivity contribution is -0.121. The summed E-state index contributed by atoms with van der Waals surface area (Å²) >= 11 is 0. The SMILES string of the molecule is CCCCCCCCCCCCN(CCCC(=O)NCCOCCOn1c(CCCC)nc2c(N)nc3ccccc3c21)Cc1ccccc1. The Labute approximate surface area is 300 Å². The molecule has 2 aromatic carbocycles. The van der Waals surface area contributed by atoms with Crippen LogP contribution in [0.5, 0.6) is 0 Å². The number of imidazole rings is 1. The summed E-state index contributed by atoms with van der Waals surface area (Å²) < 4.78 is 7.63. The van der Waals surface area contributed by atoms with E-state index in [-0.39, 0.29) is 5.91 Å². The standard InChI is InChI=1S/C41H62N6O3/c1-3-5-7-8-9-10-11-12-13-19-28-46(33-34-21-15-14-16-22-34)29-20-26-38(48)43-27-30-49-31-32-50-47-37(25-6-4-2)45-39-40(47)35-23-17-18-24-36(35)44-41(39)42/h14-18,21-24H,3-13,19-20,25-33H2,1-2H3,(H2,42,44)(H,43,48). The molecule has 0 saturated heterocycles. The lowest BCUT2D eigenvalue weighted by Crippen LogP contribution is -2.30. The van der Waals surface area contributed by atoms with Gasteiger partial charge in [-0.1, -0.05) is 127 Å². The van der Waals surface area contributed by atoms with Crippen LogP contribution < -0.4 is 15.9 Å². The van der Waals surface area contributed by atoms with Crippen LogP contribution in [0, 0.1) is 0 Å². The number of anilines is 1. The first-order valence-electron chi connectivity index (χ1n) is 19.4. The number of fused-ring (bicyclic) bond motifs is 3. The van der Waals surface area contributed by atoms with Gasteiger partial charge in [-0.3, -0.25) is 9.69 Å². The second-order valence-electron chi connectivity index (χ2n) is 13.5. The zero-order chi connectivity index (χ0) is 35.2. The van der Waals surface area contributed by atoms with Gasteiger partial charge in [-0.05, 0) is 44.0 Å². The fourth-order valence-corrected chi connectivity index (χ4v) is 6.49. The number of pyridine rings is 1. The summed E-state index contributed by atoms with van der Waals surface area (Å²) in [6.45, 7) is 9.04. The number of benzene rings is 2. The first-order chi connectivity index (χ1) is 24.6. The monoisotopic (exact) mass is 686 g/mol. The molecule has 0 fully saturated rings. The average molecular weight is 687 g/mol. The molecule has 0 bridgehead atoms. The Morgan fingerprint density at radius 1 is 0.780 bits per heavy atom. The number of nitrogens with two attached hydrogens (primary N) is 1. The Kier molecular flexibility index (Phi) is 17.9. The van der Waals surface area contributed by atoms with Gasteiger partial charge in [0.25, 0.3) is 0 Å². The van der Waals surface area contributed by atoms with Crippen molar-refractivity contribution in [1.82, 2.24) is 24.9 Å². The third-order valence-electron chi connectivity index (χ3n) is 9.27. The molecule has 0 radical (unpaired) electrons. The van der Waals surface area contributed by atoms with Crippen molar-refractivity contribution in [2.75, 3.05) is 45.2 Å². The van der Waals surface area contributed by atoms with Crippen molar-refractivity contribution in [1.29, 1.82) is 0 Å². The van der Waals surface area contributed by atoms with Gasteiger partial charge in [-0.2, -0.15) is 4.73 Å². The Balaban J connectivity index is 1.13. The summed E-state index contributed by atoms with van der Waals surface area (Å²) in [5.41, 5.74) is 9.95. The summed E-state index contributed by atoms with van der Waals surface area (Å²) in [5.74, 6) is 1.32. The normalized spacial score (nSPS) is 11.6. The molecule has 9 nitrogen and oxygen atoms in total. The highest BCUT2D eigenvalue weighted by atomic mass is 16.7. The van der Waals surface area contributed by atoms with Gasteiger partial charge in [-0.25, -0.2) is 9.97 Å². The van der Waals surface area contributed by atoms with E-state index in [0.717, 1.165) is 67.6 Å². The van der Waals surface area contributed by atoms with Gasteiger partial charge in [0.05, 0.1) is 18.7 Å². The second-order valence-corrected chi connectivity index (χ2v) is 13.5. The molecule has 2 aromatic heterocycles. The molecular formula is C41H62N6O3. The molecule has 4 aromatic rings. The Bertz CT molecular complexity index is 1530. The highest BCUT2D eigenvalue weighted by Gasteiger charge is 2.18. The molecule has 0 spiro atoms. The number of unbranched alkanes of at least 4 members (excludes halogenated alkanes) is 10. The number of nitrogen functional groups attached to an aromatic ring is 1. The van der Waals surface area contributed by atoms with E-state index in [2.05, 4.69) is 59.4 Å². The molecular weight excluding hydrogens is 624 g/mol. The number of aromatic nitrogens is 3. The lowest BCUT2D eigenvalue weighted by Gasteiger charge is -2.22. The van der Waals surface area contributed by atoms with Gasteiger partial charge < -0.3 is 20.6 Å². The van der Waals surface area contributed by atoms with Gasteiger partial charge in [0.2, 0.25) is 5.91 Å². The summed E-state index contributed by atoms with van der Waals surface area (Å²) in [4.78, 5) is 30.7. The molecule has 50 heavy (non-hydrogen) atoms. The van der Waals surface area contributed by atoms with E-state index in [4.69, 9.17) is 20.3 Å². The second kappa shape index (κ2) is 22.9. The molecule has 274 valence electrons. The topological polar surface area (TPSA) is 108 Å². The van der Waals surface area contributed by atoms with Crippen molar-refractivity contribution in [3.05, 3.63) is 66.0 Å². The van der Waals surface area contributed by atoms with Gasteiger partial charge in [0.1, 0.15) is 23.5 Å². The number of ether oxygens (including phenoxy) is 1. The van der Waals surface area contributed by atoms with E-state index in [9.17, 15) is 4.79 Å². The van der Waals surface area contributed by atoms with Crippen molar-refractivity contribution in [3.8, 4) is 0 Å². The number of hydrogen-bond donors (Lipinski definition) is 2. The van der Waals surface area contributed by atoms with Crippen LogP contribution in [0.4, 0.5) is 5.82 Å². The fraction of sp³-hybridized carbons (Fsp3) is 0.585. The molecule has 0 saturated carbocycles. The summed E-state index contributed by atoms with van der Waals surface area (Å²) in [7, 11) is 0. The number of amides is 1. The van der Waals surface area contributed by atoms with Crippen LogP contribution in [0.1, 0.15) is 115 Å². The van der Waals surface area contributed by atoms with Crippen molar-refractivity contribution in [2.24, 2.45) is 0 Å². The number of carbonyl (C=O) groups is 1. The molecule has 9 heteroatoms. The molecule has 0 atom stereocenters. The Morgan fingerprint density at radius 2 is 1.46 bits per heavy atom. The minimum absolute atomic E-state index is 0.0759. The van der Waals surface area contributed by atoms with Crippen LogP contribution in [0.2, 0.25) is 0 Å². The number of aryl methyl sites for hydroxylation is 1. The highest BCUT2D eigenvalue weighted by molar-refractivity contribution is 6.06. The first kappa shape index (κ1) is 39.1. The van der Waals surface area contributed by atoms with E-state index in [1.807, 2.05) is 29.0 Å². The minimum Gasteiger partial charge on any atom is -0.410 e. The van der Waals surface area contributed by atoms with Gasteiger partial charge in [0, 0.05) is 31.3 Å². The van der Waals surface area contributed by atoms with Crippen LogP contribution >= 0.6 is 0 Å². The van der Waals surface area contributed by atoms with Gasteiger partial charge in [-0.15, -0.1) is 0 Å². The maximum atomic E-state index is 12.6. The van der Waals surface area contributed by atoms with Crippen LogP contribution in [0.3, 0.4) is 0 Å². The smallest absolute Gasteiger partial charge is 0.220 e. The molecule has 1 amide bonds. The zero-order valence-electron chi connectivity index (χ0n) is 30.8. The van der Waals surface area contributed by atoms with Crippen LogP contribution in [-0.2, 0) is 22.5 Å². The minimum atomic E-state index is 0.0759. The number of hydrogen-bond acceptors (Lipinski definition) is 7. The highest BCUT2D eigenvalue weighted by Crippen LogP contribution is 2.28. The predicted molar refractivity (Wildman–Crippen MR) is 206 cm³/mol. The maximum Gasteiger partial charge on any atom is 0.220 e. The summed E-state index contributed by atoms with van der Waals surface area (Å²) in [6, 6.07) is 18.6. The third-order valence-corrected chi connectivity index (χ3v) is 9.27. The molecule has 0 aliphatic heterocycles. The van der Waals surface area contributed by atoms with Gasteiger partial charge >= 0.3 is 0 Å².